The summed E-state index contributed by atoms with van der Waals surface area (Å²) in [6.07, 6.45) is 6.87. The quantitative estimate of drug-likeness (QED) is 0.838. The molecule has 0 saturated carbocycles. The second-order valence-corrected chi connectivity index (χ2v) is 6.83. The molecule has 1 saturated heterocycles. The van der Waals surface area contributed by atoms with E-state index >= 15 is 0 Å². The summed E-state index contributed by atoms with van der Waals surface area (Å²) < 4.78 is 5.55. The maximum Gasteiger partial charge on any atom is 0.410 e. The molecule has 128 valence electrons. The maximum atomic E-state index is 12.6. The van der Waals surface area contributed by atoms with E-state index in [0.717, 1.165) is 30.5 Å². The van der Waals surface area contributed by atoms with E-state index in [1.807, 2.05) is 54.4 Å². The summed E-state index contributed by atoms with van der Waals surface area (Å²) >= 11 is 0. The van der Waals surface area contributed by atoms with Crippen molar-refractivity contribution in [2.24, 2.45) is 0 Å². The topological polar surface area (TPSA) is 42.4 Å². The van der Waals surface area contributed by atoms with Crippen molar-refractivity contribution >= 4 is 11.7 Å². The van der Waals surface area contributed by atoms with Crippen LogP contribution in [-0.2, 0) is 11.3 Å². The number of benzene rings is 1. The second-order valence-electron chi connectivity index (χ2n) is 6.83. The summed E-state index contributed by atoms with van der Waals surface area (Å²) in [5, 5.41) is 0. The molecule has 2 aliphatic rings. The molecule has 3 heterocycles. The lowest BCUT2D eigenvalue weighted by atomic mass is 9.96. The SMILES string of the molecule is Cc1ccc(C2=CC3CCC(C2)N3C(=O)OCc2ccccc2)cn1. The molecule has 2 unspecified atom stereocenters. The number of carbonyl (C=O) groups excluding carboxylic acids is 1. The Bertz CT molecular complexity index is 783. The van der Waals surface area contributed by atoms with E-state index in [9.17, 15) is 4.79 Å². The number of fused-ring (bicyclic) bond motifs is 2. The Hall–Kier alpha value is -2.62. The smallest absolute Gasteiger partial charge is 0.410 e. The Morgan fingerprint density at radius 1 is 1.20 bits per heavy atom. The first-order valence-electron chi connectivity index (χ1n) is 8.83. The lowest BCUT2D eigenvalue weighted by molar-refractivity contribution is 0.0832. The van der Waals surface area contributed by atoms with E-state index in [2.05, 4.69) is 17.1 Å². The Labute approximate surface area is 148 Å². The average Bonchev–Trinajstić information content (AvgIpc) is 2.91. The molecule has 2 bridgehead atoms. The molecule has 1 aromatic heterocycles. The fourth-order valence-corrected chi connectivity index (χ4v) is 3.78. The van der Waals surface area contributed by atoms with Crippen LogP contribution in [0.15, 0.2) is 54.7 Å². The lowest BCUT2D eigenvalue weighted by Gasteiger charge is -2.33. The van der Waals surface area contributed by atoms with E-state index in [4.69, 9.17) is 4.74 Å². The van der Waals surface area contributed by atoms with Crippen molar-refractivity contribution in [1.29, 1.82) is 0 Å². The number of carbonyl (C=O) groups is 1. The molecule has 2 aliphatic heterocycles. The van der Waals surface area contributed by atoms with Crippen LogP contribution >= 0.6 is 0 Å². The molecule has 4 nitrogen and oxygen atoms in total. The fraction of sp³-hybridized carbons (Fsp3) is 0.333. The third kappa shape index (κ3) is 3.29. The predicted octanol–water partition coefficient (Wildman–Crippen LogP) is 4.35. The van der Waals surface area contributed by atoms with Crippen molar-refractivity contribution in [2.75, 3.05) is 0 Å². The molecule has 0 spiro atoms. The zero-order valence-electron chi connectivity index (χ0n) is 14.4. The minimum absolute atomic E-state index is 0.137. The zero-order valence-corrected chi connectivity index (χ0v) is 14.4. The number of amides is 1. The van der Waals surface area contributed by atoms with Gasteiger partial charge in [0.25, 0.3) is 0 Å². The van der Waals surface area contributed by atoms with E-state index < -0.39 is 0 Å². The van der Waals surface area contributed by atoms with Gasteiger partial charge in [-0.25, -0.2) is 4.79 Å². The van der Waals surface area contributed by atoms with Crippen LogP contribution in [0.2, 0.25) is 0 Å². The number of hydrogen-bond acceptors (Lipinski definition) is 3. The van der Waals surface area contributed by atoms with Gasteiger partial charge in [-0.05, 0) is 49.0 Å². The third-order valence-electron chi connectivity index (χ3n) is 5.09. The number of ether oxygens (including phenoxy) is 1. The van der Waals surface area contributed by atoms with Crippen LogP contribution in [0.1, 0.15) is 36.1 Å². The van der Waals surface area contributed by atoms with Gasteiger partial charge in [0.2, 0.25) is 0 Å². The summed E-state index contributed by atoms with van der Waals surface area (Å²) in [5.74, 6) is 0. The molecular formula is C21H22N2O2. The minimum atomic E-state index is -0.200. The highest BCUT2D eigenvalue weighted by Gasteiger charge is 2.40. The summed E-state index contributed by atoms with van der Waals surface area (Å²) in [4.78, 5) is 18.9. The molecule has 2 atom stereocenters. The minimum Gasteiger partial charge on any atom is -0.445 e. The molecule has 0 aliphatic carbocycles. The Kier molecular flexibility index (Phi) is 4.26. The van der Waals surface area contributed by atoms with Crippen LogP contribution in [0.3, 0.4) is 0 Å². The Morgan fingerprint density at radius 2 is 2.04 bits per heavy atom. The van der Waals surface area contributed by atoms with Crippen molar-refractivity contribution in [3.05, 3.63) is 71.6 Å². The van der Waals surface area contributed by atoms with Crippen molar-refractivity contribution in [3.8, 4) is 0 Å². The molecule has 2 aromatic rings. The molecule has 1 aromatic carbocycles. The molecule has 1 fully saturated rings. The van der Waals surface area contributed by atoms with Gasteiger partial charge >= 0.3 is 6.09 Å². The Balaban J connectivity index is 1.46. The van der Waals surface area contributed by atoms with Gasteiger partial charge in [0.1, 0.15) is 6.61 Å². The Morgan fingerprint density at radius 3 is 2.76 bits per heavy atom. The van der Waals surface area contributed by atoms with E-state index in [1.165, 1.54) is 11.1 Å². The molecule has 4 rings (SSSR count). The standard InChI is InChI=1S/C21H22N2O2/c1-15-7-8-17(13-22-15)18-11-19-9-10-20(12-18)23(19)21(24)25-14-16-5-3-2-4-6-16/h2-8,11,13,19-20H,9-10,12,14H2,1H3. The van der Waals surface area contributed by atoms with Gasteiger partial charge < -0.3 is 4.74 Å². The molecule has 0 radical (unpaired) electrons. The van der Waals surface area contributed by atoms with Crippen LogP contribution in [0.4, 0.5) is 4.79 Å². The van der Waals surface area contributed by atoms with Crippen molar-refractivity contribution in [2.45, 2.75) is 44.9 Å². The summed E-state index contributed by atoms with van der Waals surface area (Å²) in [5.41, 5.74) is 4.50. The number of hydrogen-bond donors (Lipinski definition) is 0. The number of aryl methyl sites for hydroxylation is 1. The predicted molar refractivity (Wildman–Crippen MR) is 96.8 cm³/mol. The van der Waals surface area contributed by atoms with Crippen molar-refractivity contribution in [3.63, 3.8) is 0 Å². The van der Waals surface area contributed by atoms with Gasteiger partial charge in [0.15, 0.2) is 0 Å². The van der Waals surface area contributed by atoms with Gasteiger partial charge in [-0.3, -0.25) is 9.88 Å². The summed E-state index contributed by atoms with van der Waals surface area (Å²) in [7, 11) is 0. The first kappa shape index (κ1) is 15.9. The van der Waals surface area contributed by atoms with E-state index in [-0.39, 0.29) is 18.2 Å². The molecule has 25 heavy (non-hydrogen) atoms. The van der Waals surface area contributed by atoms with Gasteiger partial charge in [0, 0.05) is 17.9 Å². The normalized spacial score (nSPS) is 21.8. The average molecular weight is 334 g/mol. The van der Waals surface area contributed by atoms with Crippen LogP contribution in [0.5, 0.6) is 0 Å². The maximum absolute atomic E-state index is 12.6. The van der Waals surface area contributed by atoms with Crippen LogP contribution < -0.4 is 0 Å². The second kappa shape index (κ2) is 6.71. The largest absolute Gasteiger partial charge is 0.445 e. The van der Waals surface area contributed by atoms with E-state index in [1.54, 1.807) is 0 Å². The van der Waals surface area contributed by atoms with Crippen LogP contribution in [-0.4, -0.2) is 28.1 Å². The first-order valence-corrected chi connectivity index (χ1v) is 8.83. The van der Waals surface area contributed by atoms with Crippen molar-refractivity contribution < 1.29 is 9.53 Å². The van der Waals surface area contributed by atoms with Gasteiger partial charge in [0.05, 0.1) is 6.04 Å². The molecular weight excluding hydrogens is 312 g/mol. The molecule has 4 heteroatoms. The van der Waals surface area contributed by atoms with Crippen molar-refractivity contribution in [1.82, 2.24) is 9.88 Å². The first-order chi connectivity index (χ1) is 12.2. The number of pyridine rings is 1. The fourth-order valence-electron chi connectivity index (χ4n) is 3.78. The molecule has 0 N–H and O–H groups in total. The highest BCUT2D eigenvalue weighted by Crippen LogP contribution is 2.38. The zero-order chi connectivity index (χ0) is 17.2. The number of nitrogens with zero attached hydrogens (tertiary/aromatic N) is 2. The highest BCUT2D eigenvalue weighted by molar-refractivity contribution is 5.74. The van der Waals surface area contributed by atoms with Gasteiger partial charge in [-0.2, -0.15) is 0 Å². The summed E-state index contributed by atoms with van der Waals surface area (Å²) in [6.45, 7) is 2.32. The van der Waals surface area contributed by atoms with Crippen LogP contribution in [0.25, 0.3) is 5.57 Å². The highest BCUT2D eigenvalue weighted by atomic mass is 16.6. The third-order valence-corrected chi connectivity index (χ3v) is 5.09. The monoisotopic (exact) mass is 334 g/mol. The van der Waals surface area contributed by atoms with Gasteiger partial charge in [-0.15, -0.1) is 0 Å². The van der Waals surface area contributed by atoms with Crippen LogP contribution in [0, 0.1) is 6.92 Å². The van der Waals surface area contributed by atoms with E-state index in [0.29, 0.717) is 6.61 Å². The lowest BCUT2D eigenvalue weighted by Crippen LogP contribution is -2.43. The van der Waals surface area contributed by atoms with Gasteiger partial charge in [-0.1, -0.05) is 42.5 Å². The number of aromatic nitrogens is 1. The summed E-state index contributed by atoms with van der Waals surface area (Å²) in [6, 6.07) is 14.4. The molecule has 1 amide bonds. The number of rotatable bonds is 3.